The van der Waals surface area contributed by atoms with Gasteiger partial charge in [0.25, 0.3) is 11.8 Å². The van der Waals surface area contributed by atoms with Crippen molar-refractivity contribution in [2.75, 3.05) is 13.7 Å². The number of nitrogens with one attached hydrogen (secondary N) is 3. The second-order valence-electron chi connectivity index (χ2n) is 9.10. The molecule has 1 fully saturated rings. The van der Waals surface area contributed by atoms with Gasteiger partial charge in [-0.1, -0.05) is 6.07 Å². The fourth-order valence-corrected chi connectivity index (χ4v) is 5.02. The van der Waals surface area contributed by atoms with Gasteiger partial charge in [-0.15, -0.1) is 5.48 Å². The predicted octanol–water partition coefficient (Wildman–Crippen LogP) is 2.18. The number of hydrogen-bond acceptors (Lipinski definition) is 8. The predicted molar refractivity (Wildman–Crippen MR) is 126 cm³/mol. The van der Waals surface area contributed by atoms with E-state index in [1.54, 1.807) is 24.3 Å². The second kappa shape index (κ2) is 7.82. The summed E-state index contributed by atoms with van der Waals surface area (Å²) in [7, 11) is 1.53. The molecule has 1 saturated heterocycles. The quantitative estimate of drug-likeness (QED) is 0.464. The third kappa shape index (κ3) is 3.23. The lowest BCUT2D eigenvalue weighted by Gasteiger charge is -2.28. The van der Waals surface area contributed by atoms with Gasteiger partial charge in [-0.25, -0.2) is 9.78 Å². The van der Waals surface area contributed by atoms with Crippen molar-refractivity contribution in [3.05, 3.63) is 64.7 Å². The molecule has 3 N–H and O–H groups in total. The van der Waals surface area contributed by atoms with E-state index >= 15 is 0 Å². The maximum absolute atomic E-state index is 13.2. The minimum absolute atomic E-state index is 0.0472. The number of carbonyl (C=O) groups is 3. The van der Waals surface area contributed by atoms with E-state index in [1.807, 2.05) is 26.0 Å². The number of aromatic nitrogens is 1. The highest BCUT2D eigenvalue weighted by Crippen LogP contribution is 2.35. The highest BCUT2D eigenvalue weighted by molar-refractivity contribution is 6.08. The molecule has 11 nitrogen and oxygen atoms in total. The number of hydrogen-bond donors (Lipinski definition) is 3. The number of nitrogens with zero attached hydrogens (tertiary/aromatic N) is 2. The number of amides is 4. The van der Waals surface area contributed by atoms with Gasteiger partial charge in [0.2, 0.25) is 0 Å². The van der Waals surface area contributed by atoms with Gasteiger partial charge in [0.15, 0.2) is 11.1 Å². The first kappa shape index (κ1) is 22.1. The minimum atomic E-state index is -1.61. The summed E-state index contributed by atoms with van der Waals surface area (Å²) in [5, 5.41) is 4.98. The standard InChI is InChI=1S/C25H23N5O6/c1-12-21(13(2)36-29-12)17-6-7-19-18(26-17)9-20(35-19)25(23(32)27-24(33)28-25)11-30-10-14-4-5-15(34-3)8-16(14)22(30)31/h4-9,12,29H,10-11H2,1-3H3,(H2,27,28,32,33). The van der Waals surface area contributed by atoms with Gasteiger partial charge in [-0.3, -0.25) is 14.9 Å². The van der Waals surface area contributed by atoms with E-state index in [0.717, 1.165) is 16.9 Å². The number of pyridine rings is 1. The Morgan fingerprint density at radius 2 is 2.03 bits per heavy atom. The molecule has 2 aromatic heterocycles. The molecule has 3 aliphatic heterocycles. The van der Waals surface area contributed by atoms with Gasteiger partial charge in [0, 0.05) is 23.7 Å². The topological polar surface area (TPSA) is 135 Å². The van der Waals surface area contributed by atoms with Crippen LogP contribution in [0.1, 0.15) is 41.2 Å². The SMILES string of the molecule is COc1ccc2c(c1)C(=O)N(CC1(c3cc4nc(C5=C(C)ONC5C)ccc4o3)NC(=O)NC1=O)C2. The first-order chi connectivity index (χ1) is 17.3. The van der Waals surface area contributed by atoms with Gasteiger partial charge >= 0.3 is 6.03 Å². The Hall–Kier alpha value is -4.38. The molecule has 1 aromatic carbocycles. The monoisotopic (exact) mass is 489 g/mol. The molecule has 36 heavy (non-hydrogen) atoms. The zero-order chi connectivity index (χ0) is 25.2. The van der Waals surface area contributed by atoms with E-state index in [0.29, 0.717) is 28.1 Å². The van der Waals surface area contributed by atoms with Gasteiger partial charge in [-0.2, -0.15) is 0 Å². The molecular weight excluding hydrogens is 466 g/mol. The number of imide groups is 1. The lowest BCUT2D eigenvalue weighted by Crippen LogP contribution is -2.52. The van der Waals surface area contributed by atoms with E-state index in [1.165, 1.54) is 12.0 Å². The van der Waals surface area contributed by atoms with Crippen LogP contribution in [0.5, 0.6) is 5.75 Å². The Balaban J connectivity index is 1.38. The largest absolute Gasteiger partial charge is 0.497 e. The van der Waals surface area contributed by atoms with Gasteiger partial charge in [0.05, 0.1) is 25.4 Å². The number of urea groups is 1. The zero-order valence-corrected chi connectivity index (χ0v) is 19.8. The number of fused-ring (bicyclic) bond motifs is 2. The molecule has 2 unspecified atom stereocenters. The summed E-state index contributed by atoms with van der Waals surface area (Å²) >= 11 is 0. The molecule has 6 rings (SSSR count). The number of allylic oxidation sites excluding steroid dienone is 1. The van der Waals surface area contributed by atoms with Crippen LogP contribution < -0.4 is 20.9 Å². The summed E-state index contributed by atoms with van der Waals surface area (Å²) < 4.78 is 11.3. The number of carbonyl (C=O) groups excluding carboxylic acids is 3. The summed E-state index contributed by atoms with van der Waals surface area (Å²) in [5.41, 5.74) is 5.18. The molecule has 3 aliphatic rings. The highest BCUT2D eigenvalue weighted by Gasteiger charge is 2.53. The number of methoxy groups -OCH3 is 1. The minimum Gasteiger partial charge on any atom is -0.497 e. The Bertz CT molecular complexity index is 1490. The van der Waals surface area contributed by atoms with Crippen LogP contribution in [-0.4, -0.2) is 47.4 Å². The fraction of sp³-hybridized carbons (Fsp3) is 0.280. The average Bonchev–Trinajstić information content (AvgIpc) is 3.59. The number of ether oxygens (including phenoxy) is 1. The van der Waals surface area contributed by atoms with Crippen LogP contribution in [0.15, 0.2) is 46.6 Å². The average molecular weight is 489 g/mol. The van der Waals surface area contributed by atoms with E-state index in [2.05, 4.69) is 16.1 Å². The number of furan rings is 1. The maximum atomic E-state index is 13.2. The molecule has 0 aliphatic carbocycles. The molecule has 184 valence electrons. The van der Waals surface area contributed by atoms with E-state index in [4.69, 9.17) is 19.0 Å². The Labute approximate surface area is 205 Å². The van der Waals surface area contributed by atoms with Crippen LogP contribution in [0.2, 0.25) is 0 Å². The van der Waals surface area contributed by atoms with Crippen molar-refractivity contribution in [2.24, 2.45) is 0 Å². The van der Waals surface area contributed by atoms with Crippen LogP contribution in [0, 0.1) is 0 Å². The van der Waals surface area contributed by atoms with Crippen LogP contribution in [0.4, 0.5) is 4.79 Å². The second-order valence-corrected chi connectivity index (χ2v) is 9.10. The van der Waals surface area contributed by atoms with Crippen LogP contribution in [0.3, 0.4) is 0 Å². The smallest absolute Gasteiger partial charge is 0.322 e. The van der Waals surface area contributed by atoms with Crippen LogP contribution in [0.25, 0.3) is 16.7 Å². The van der Waals surface area contributed by atoms with Crippen molar-refractivity contribution in [3.63, 3.8) is 0 Å². The molecule has 0 radical (unpaired) electrons. The van der Waals surface area contributed by atoms with Crippen molar-refractivity contribution in [3.8, 4) is 5.75 Å². The van der Waals surface area contributed by atoms with Gasteiger partial charge in [0.1, 0.15) is 22.8 Å². The van der Waals surface area contributed by atoms with Crippen LogP contribution >= 0.6 is 0 Å². The normalized spacial score (nSPS) is 23.2. The third-order valence-corrected chi connectivity index (χ3v) is 6.84. The maximum Gasteiger partial charge on any atom is 0.322 e. The lowest BCUT2D eigenvalue weighted by molar-refractivity contribution is -0.125. The van der Waals surface area contributed by atoms with Gasteiger partial charge < -0.3 is 24.2 Å². The molecule has 0 spiro atoms. The first-order valence-electron chi connectivity index (χ1n) is 11.4. The molecule has 11 heteroatoms. The Morgan fingerprint density at radius 3 is 2.72 bits per heavy atom. The zero-order valence-electron chi connectivity index (χ0n) is 19.8. The van der Waals surface area contributed by atoms with Crippen LogP contribution in [-0.2, 0) is 21.7 Å². The van der Waals surface area contributed by atoms with Crippen molar-refractivity contribution in [1.29, 1.82) is 0 Å². The van der Waals surface area contributed by atoms with Gasteiger partial charge in [-0.05, 0) is 43.7 Å². The summed E-state index contributed by atoms with van der Waals surface area (Å²) in [4.78, 5) is 50.3. The number of hydroxylamine groups is 1. The van der Waals surface area contributed by atoms with Crippen molar-refractivity contribution in [1.82, 2.24) is 26.0 Å². The molecule has 5 heterocycles. The molecule has 3 aromatic rings. The Kier molecular flexibility index (Phi) is 4.80. The molecule has 4 amide bonds. The molecule has 0 bridgehead atoms. The fourth-order valence-electron chi connectivity index (χ4n) is 5.02. The molecule has 0 saturated carbocycles. The summed E-state index contributed by atoms with van der Waals surface area (Å²) in [5.74, 6) is 0.604. The number of benzene rings is 1. The summed E-state index contributed by atoms with van der Waals surface area (Å²) in [6.07, 6.45) is 0. The number of rotatable bonds is 5. The lowest BCUT2D eigenvalue weighted by atomic mass is 9.95. The van der Waals surface area contributed by atoms with E-state index < -0.39 is 17.5 Å². The summed E-state index contributed by atoms with van der Waals surface area (Å²) in [6.45, 7) is 3.98. The first-order valence-corrected chi connectivity index (χ1v) is 11.4. The highest BCUT2D eigenvalue weighted by atomic mass is 16.7. The third-order valence-electron chi connectivity index (χ3n) is 6.84. The summed E-state index contributed by atoms with van der Waals surface area (Å²) in [6, 6.07) is 9.76. The molecule has 2 atom stereocenters. The van der Waals surface area contributed by atoms with Crippen molar-refractivity contribution >= 4 is 34.5 Å². The Morgan fingerprint density at radius 1 is 1.19 bits per heavy atom. The van der Waals surface area contributed by atoms with E-state index in [9.17, 15) is 14.4 Å². The molecular formula is C25H23N5O6. The van der Waals surface area contributed by atoms with Crippen molar-refractivity contribution in [2.45, 2.75) is 32.0 Å². The van der Waals surface area contributed by atoms with Crippen molar-refractivity contribution < 1.29 is 28.4 Å². The van der Waals surface area contributed by atoms with E-state index in [-0.39, 0.29) is 30.8 Å².